The molecule has 0 radical (unpaired) electrons. The monoisotopic (exact) mass is 604 g/mol. The molecular weight excluding hydrogens is 573 g/mol. The minimum atomic E-state index is -1.08. The predicted octanol–water partition coefficient (Wildman–Crippen LogP) is 9.98. The molecule has 210 valence electrons. The lowest BCUT2D eigenvalue weighted by molar-refractivity contribution is 0.681. The smallest absolute Gasteiger partial charge is 0.127 e. The van der Waals surface area contributed by atoms with Crippen LogP contribution in [0.15, 0.2) is 149 Å². The van der Waals surface area contributed by atoms with Gasteiger partial charge in [-0.2, -0.15) is 0 Å². The minimum absolute atomic E-state index is 0.619. The fraction of sp³-hybridized carbons (Fsp3) is 0.111. The predicted molar refractivity (Wildman–Crippen MR) is 184 cm³/mol. The van der Waals surface area contributed by atoms with Gasteiger partial charge < -0.3 is 5.73 Å². The second kappa shape index (κ2) is 21.0. The molecule has 0 aliphatic heterocycles. The molecule has 0 saturated heterocycles. The zero-order valence-electron chi connectivity index (χ0n) is 23.7. The Labute approximate surface area is 259 Å². The molecule has 2 N–H and O–H groups in total. The molecule has 1 unspecified atom stereocenters. The third-order valence-corrected chi connectivity index (χ3v) is 8.84. The van der Waals surface area contributed by atoms with Crippen LogP contribution in [0.3, 0.4) is 0 Å². The van der Waals surface area contributed by atoms with E-state index in [4.69, 9.17) is 10.7 Å². The van der Waals surface area contributed by atoms with E-state index < -0.39 is 10.8 Å². The fourth-order valence-corrected chi connectivity index (χ4v) is 6.73. The van der Waals surface area contributed by atoms with Gasteiger partial charge >= 0.3 is 0 Å². The van der Waals surface area contributed by atoms with Crippen molar-refractivity contribution in [3.8, 4) is 21.7 Å². The summed E-state index contributed by atoms with van der Waals surface area (Å²) in [6, 6.07) is 16.4. The molecule has 1 aromatic carbocycles. The summed E-state index contributed by atoms with van der Waals surface area (Å²) in [5.41, 5.74) is 31.8. The Morgan fingerprint density at radius 2 is 1.50 bits per heavy atom. The van der Waals surface area contributed by atoms with E-state index >= 15 is 0 Å². The maximum absolute atomic E-state index is 12.8. The van der Waals surface area contributed by atoms with Gasteiger partial charge in [0.25, 0.3) is 0 Å². The Morgan fingerprint density at radius 3 is 2.00 bits per heavy atom. The molecule has 0 aliphatic carbocycles. The molecule has 3 nitrogen and oxygen atoms in total. The number of nitrogen functional groups attached to an aromatic ring is 1. The quantitative estimate of drug-likeness (QED) is 0.176. The summed E-state index contributed by atoms with van der Waals surface area (Å²) < 4.78 is 13.5. The van der Waals surface area contributed by atoms with Crippen molar-refractivity contribution < 1.29 is 4.21 Å². The number of benzene rings is 1. The van der Waals surface area contributed by atoms with Crippen molar-refractivity contribution in [3.63, 3.8) is 0 Å². The third kappa shape index (κ3) is 11.0. The standard InChI is InChI=1S/C21H20N2OS3.C8H4.C5H4.C2H4/c1-2-3-12-27(24)21-19(22)18-15(14-8-5-4-6-9-14)13-16(23-20(18)26-21)17-10-7-11-25-17;1-3-5-7-8-6-4-2;1-3-5-4-2;1-2/h4-11,13H,2-3,12,22H2,1H3;1-2H2;1-2H2;1-2H2. The lowest BCUT2D eigenvalue weighted by Gasteiger charge is -2.08. The van der Waals surface area contributed by atoms with Crippen LogP contribution in [0, 0.1) is 0 Å². The average molecular weight is 605 g/mol. The topological polar surface area (TPSA) is 56.0 Å². The van der Waals surface area contributed by atoms with E-state index in [0.717, 1.165) is 49.0 Å². The van der Waals surface area contributed by atoms with Gasteiger partial charge in [0.1, 0.15) is 9.04 Å². The molecule has 42 heavy (non-hydrogen) atoms. The Hall–Kier alpha value is -4.78. The highest BCUT2D eigenvalue weighted by atomic mass is 32.2. The number of thiophene rings is 2. The van der Waals surface area contributed by atoms with Crippen LogP contribution in [-0.2, 0) is 10.8 Å². The summed E-state index contributed by atoms with van der Waals surface area (Å²) in [5, 5.41) is 2.98. The molecule has 4 rings (SSSR count). The average Bonchev–Trinajstić information content (AvgIpc) is 3.69. The van der Waals surface area contributed by atoms with Gasteiger partial charge in [0.2, 0.25) is 0 Å². The van der Waals surface area contributed by atoms with E-state index in [1.54, 1.807) is 11.3 Å². The highest BCUT2D eigenvalue weighted by molar-refractivity contribution is 7.87. The van der Waals surface area contributed by atoms with Crippen molar-refractivity contribution in [2.24, 2.45) is 0 Å². The first-order valence-corrected chi connectivity index (χ1v) is 15.6. The van der Waals surface area contributed by atoms with E-state index in [-0.39, 0.29) is 0 Å². The molecule has 3 heterocycles. The first-order valence-electron chi connectivity index (χ1n) is 12.6. The molecule has 6 heteroatoms. The Bertz CT molecular complexity index is 1770. The van der Waals surface area contributed by atoms with Gasteiger partial charge in [-0.25, -0.2) is 4.98 Å². The Morgan fingerprint density at radius 1 is 0.881 bits per heavy atom. The molecule has 0 fully saturated rings. The highest BCUT2D eigenvalue weighted by Gasteiger charge is 2.20. The summed E-state index contributed by atoms with van der Waals surface area (Å²) >= 11 is 3.14. The summed E-state index contributed by atoms with van der Waals surface area (Å²) in [7, 11) is -1.08. The van der Waals surface area contributed by atoms with E-state index in [9.17, 15) is 4.21 Å². The van der Waals surface area contributed by atoms with Crippen LogP contribution in [0.4, 0.5) is 5.69 Å². The van der Waals surface area contributed by atoms with Gasteiger partial charge in [0.15, 0.2) is 0 Å². The number of aromatic nitrogens is 1. The van der Waals surface area contributed by atoms with E-state index in [2.05, 4.69) is 128 Å². The number of hydrogen-bond acceptors (Lipinski definition) is 5. The molecule has 0 saturated carbocycles. The normalized spacial score (nSPS) is 9.17. The first-order chi connectivity index (χ1) is 20.5. The zero-order chi connectivity index (χ0) is 31.2. The van der Waals surface area contributed by atoms with Crippen molar-refractivity contribution in [1.29, 1.82) is 0 Å². The SMILES string of the molecule is C=C.C=C=C=C=C.C=C=C=C=C=C=C=C.CCCCS(=O)c1sc2nc(-c3cccs3)cc(-c3ccccc3)c2c1N. The molecule has 0 aliphatic rings. The van der Waals surface area contributed by atoms with Crippen molar-refractivity contribution in [3.05, 3.63) is 145 Å². The number of hydrogen-bond donors (Lipinski definition) is 1. The first kappa shape index (κ1) is 35.2. The third-order valence-electron chi connectivity index (χ3n) is 4.95. The second-order valence-corrected chi connectivity index (χ2v) is 11.3. The van der Waals surface area contributed by atoms with Crippen molar-refractivity contribution >= 4 is 49.4 Å². The van der Waals surface area contributed by atoms with Gasteiger partial charge in [-0.05, 0) is 90.0 Å². The summed E-state index contributed by atoms with van der Waals surface area (Å²) in [4.78, 5) is 6.84. The number of pyridine rings is 1. The van der Waals surface area contributed by atoms with Crippen molar-refractivity contribution in [2.45, 2.75) is 24.0 Å². The summed E-state index contributed by atoms with van der Waals surface area (Å²) in [6.07, 6.45) is 1.95. The Balaban J connectivity index is 0.000000491. The van der Waals surface area contributed by atoms with Crippen LogP contribution in [0.2, 0.25) is 0 Å². The molecule has 0 amide bonds. The number of anilines is 1. The lowest BCUT2D eigenvalue weighted by atomic mass is 10.0. The van der Waals surface area contributed by atoms with E-state index in [1.807, 2.05) is 24.3 Å². The maximum Gasteiger partial charge on any atom is 0.127 e. The summed E-state index contributed by atoms with van der Waals surface area (Å²) in [6.45, 7) is 21.0. The van der Waals surface area contributed by atoms with Gasteiger partial charge in [0, 0.05) is 11.1 Å². The number of rotatable bonds is 6. The molecule has 3 aromatic heterocycles. The van der Waals surface area contributed by atoms with Crippen LogP contribution in [0.5, 0.6) is 0 Å². The molecule has 0 bridgehead atoms. The number of fused-ring (bicyclic) bond motifs is 1. The number of nitrogens with two attached hydrogens (primary N) is 1. The van der Waals surface area contributed by atoms with Crippen LogP contribution in [-0.4, -0.2) is 14.9 Å². The highest BCUT2D eigenvalue weighted by Crippen LogP contribution is 2.43. The minimum Gasteiger partial charge on any atom is -0.396 e. The maximum atomic E-state index is 12.8. The van der Waals surface area contributed by atoms with Crippen LogP contribution in [0.25, 0.3) is 31.9 Å². The lowest BCUT2D eigenvalue weighted by Crippen LogP contribution is -1.99. The molecular formula is C36H32N2OS3. The number of nitrogens with zero attached hydrogens (tertiary/aromatic N) is 1. The van der Waals surface area contributed by atoms with E-state index in [1.165, 1.54) is 11.3 Å². The zero-order valence-corrected chi connectivity index (χ0v) is 26.2. The van der Waals surface area contributed by atoms with Crippen LogP contribution >= 0.6 is 22.7 Å². The van der Waals surface area contributed by atoms with Crippen LogP contribution < -0.4 is 5.73 Å². The van der Waals surface area contributed by atoms with Gasteiger partial charge in [-0.15, -0.1) is 35.8 Å². The van der Waals surface area contributed by atoms with Gasteiger partial charge in [0.05, 0.1) is 27.1 Å². The molecule has 4 aromatic rings. The Kier molecular flexibility index (Phi) is 17.6. The second-order valence-electron chi connectivity index (χ2n) is 7.62. The molecule has 0 spiro atoms. The van der Waals surface area contributed by atoms with Gasteiger partial charge in [-0.3, -0.25) is 4.21 Å². The largest absolute Gasteiger partial charge is 0.396 e. The van der Waals surface area contributed by atoms with Crippen molar-refractivity contribution in [2.75, 3.05) is 11.5 Å². The van der Waals surface area contributed by atoms with Crippen LogP contribution in [0.1, 0.15) is 19.8 Å². The molecule has 1 atom stereocenters. The summed E-state index contributed by atoms with van der Waals surface area (Å²) in [5.74, 6) is 0.645. The van der Waals surface area contributed by atoms with Gasteiger partial charge in [-0.1, -0.05) is 72.7 Å². The number of unbranched alkanes of at least 4 members (excludes halogenated alkanes) is 1. The van der Waals surface area contributed by atoms with Crippen molar-refractivity contribution in [1.82, 2.24) is 4.98 Å². The fourth-order valence-electron chi connectivity index (χ4n) is 3.25. The van der Waals surface area contributed by atoms with E-state index in [0.29, 0.717) is 11.4 Å².